The van der Waals surface area contributed by atoms with E-state index in [2.05, 4.69) is 91.8 Å². The Morgan fingerprint density at radius 2 is 0.812 bits per heavy atom. The van der Waals surface area contributed by atoms with E-state index in [1.807, 2.05) is 0 Å². The standard InChI is InChI=1S/C28H44N3.Mn/c1-17(2)21-11-9-12-22(18(3)4)27(21)25(29)15-31-16-26(30)28-23(19(5)6)13-10-14-24(28)20(7)8;/h9-14,17-20,25-26H,15-16,29-30H2,1-8H3;/q-1;. The second-order valence-electron chi connectivity index (χ2n) is 10.1. The summed E-state index contributed by atoms with van der Waals surface area (Å²) < 4.78 is 0. The van der Waals surface area contributed by atoms with E-state index in [4.69, 9.17) is 16.8 Å². The van der Waals surface area contributed by atoms with Crippen molar-refractivity contribution in [2.75, 3.05) is 13.1 Å². The third-order valence-electron chi connectivity index (χ3n) is 6.23. The summed E-state index contributed by atoms with van der Waals surface area (Å²) in [7, 11) is 0. The first-order valence-electron chi connectivity index (χ1n) is 12.0. The van der Waals surface area contributed by atoms with Crippen molar-refractivity contribution in [3.05, 3.63) is 75.1 Å². The fourth-order valence-electron chi connectivity index (χ4n) is 4.61. The first-order chi connectivity index (χ1) is 14.6. The largest absolute Gasteiger partial charge is 0.659 e. The van der Waals surface area contributed by atoms with Crippen LogP contribution in [0.4, 0.5) is 0 Å². The van der Waals surface area contributed by atoms with Crippen LogP contribution in [-0.4, -0.2) is 13.1 Å². The topological polar surface area (TPSA) is 66.1 Å². The zero-order valence-corrected chi connectivity index (χ0v) is 22.5. The molecule has 0 spiro atoms. The molecule has 3 nitrogen and oxygen atoms in total. The Morgan fingerprint density at radius 3 is 1.03 bits per heavy atom. The molecule has 1 radical (unpaired) electrons. The summed E-state index contributed by atoms with van der Waals surface area (Å²) >= 11 is 0. The molecule has 2 atom stereocenters. The van der Waals surface area contributed by atoms with Gasteiger partial charge in [0.15, 0.2) is 0 Å². The van der Waals surface area contributed by atoms with Gasteiger partial charge >= 0.3 is 0 Å². The van der Waals surface area contributed by atoms with Crippen LogP contribution >= 0.6 is 0 Å². The molecular formula is C28H44MnN3-. The van der Waals surface area contributed by atoms with Gasteiger partial charge in [-0.25, -0.2) is 0 Å². The van der Waals surface area contributed by atoms with E-state index in [0.717, 1.165) is 0 Å². The van der Waals surface area contributed by atoms with E-state index in [0.29, 0.717) is 36.8 Å². The molecule has 2 unspecified atom stereocenters. The Balaban J connectivity index is 0.00000512. The number of nitrogens with two attached hydrogens (primary N) is 2. The predicted molar refractivity (Wildman–Crippen MR) is 136 cm³/mol. The number of hydrogen-bond acceptors (Lipinski definition) is 2. The predicted octanol–water partition coefficient (Wildman–Crippen LogP) is 7.25. The minimum atomic E-state index is -0.104. The second-order valence-corrected chi connectivity index (χ2v) is 10.1. The molecule has 0 aliphatic carbocycles. The molecule has 0 aliphatic heterocycles. The van der Waals surface area contributed by atoms with Gasteiger partial charge in [-0.2, -0.15) is 0 Å². The van der Waals surface area contributed by atoms with Gasteiger partial charge in [0.25, 0.3) is 0 Å². The van der Waals surface area contributed by atoms with Crippen LogP contribution in [0.3, 0.4) is 0 Å². The monoisotopic (exact) mass is 477 g/mol. The first-order valence-corrected chi connectivity index (χ1v) is 12.0. The number of rotatable bonds is 10. The maximum atomic E-state index is 6.72. The van der Waals surface area contributed by atoms with Crippen LogP contribution < -0.4 is 11.5 Å². The van der Waals surface area contributed by atoms with Gasteiger partial charge in [0.05, 0.1) is 0 Å². The molecule has 179 valence electrons. The van der Waals surface area contributed by atoms with Crippen molar-refractivity contribution in [1.82, 2.24) is 0 Å². The molecule has 0 aliphatic rings. The van der Waals surface area contributed by atoms with Gasteiger partial charge in [0, 0.05) is 29.2 Å². The smallest absolute Gasteiger partial charge is 0.0110 e. The van der Waals surface area contributed by atoms with Crippen LogP contribution in [0.15, 0.2) is 36.4 Å². The summed E-state index contributed by atoms with van der Waals surface area (Å²) in [5, 5.41) is 4.88. The van der Waals surface area contributed by atoms with Gasteiger partial charge in [-0.15, -0.1) is 13.1 Å². The molecule has 2 rings (SSSR count). The minimum Gasteiger partial charge on any atom is -0.659 e. The van der Waals surface area contributed by atoms with Gasteiger partial charge in [0.1, 0.15) is 0 Å². The first kappa shape index (κ1) is 28.9. The molecule has 2 aromatic rings. The molecule has 32 heavy (non-hydrogen) atoms. The molecule has 2 aromatic carbocycles. The van der Waals surface area contributed by atoms with Crippen molar-refractivity contribution >= 4 is 0 Å². The fourth-order valence-corrected chi connectivity index (χ4v) is 4.61. The SMILES string of the molecule is CC(C)c1cccc(C(C)C)c1C(N)C[N-]CC(N)c1c(C(C)C)cccc1C(C)C.[Mn]. The van der Waals surface area contributed by atoms with Crippen molar-refractivity contribution < 1.29 is 17.1 Å². The Labute approximate surface area is 207 Å². The Hall–Kier alpha value is -1.16. The maximum absolute atomic E-state index is 6.72. The van der Waals surface area contributed by atoms with Gasteiger partial charge in [-0.1, -0.05) is 91.8 Å². The van der Waals surface area contributed by atoms with E-state index < -0.39 is 0 Å². The summed E-state index contributed by atoms with van der Waals surface area (Å²) in [6, 6.07) is 13.0. The van der Waals surface area contributed by atoms with Gasteiger partial charge in [0.2, 0.25) is 0 Å². The van der Waals surface area contributed by atoms with Crippen LogP contribution in [0.25, 0.3) is 5.32 Å². The normalized spacial score (nSPS) is 13.7. The quantitative estimate of drug-likeness (QED) is 0.354. The van der Waals surface area contributed by atoms with Crippen molar-refractivity contribution in [3.63, 3.8) is 0 Å². The fraction of sp³-hybridized carbons (Fsp3) is 0.571. The second kappa shape index (κ2) is 12.9. The zero-order valence-electron chi connectivity index (χ0n) is 21.3. The van der Waals surface area contributed by atoms with Gasteiger partial charge in [-0.3, -0.25) is 0 Å². The molecule has 0 heterocycles. The van der Waals surface area contributed by atoms with E-state index in [1.54, 1.807) is 0 Å². The van der Waals surface area contributed by atoms with Gasteiger partial charge < -0.3 is 16.8 Å². The molecule has 4 N–H and O–H groups in total. The molecular weight excluding hydrogens is 433 g/mol. The third kappa shape index (κ3) is 6.92. The van der Waals surface area contributed by atoms with Gasteiger partial charge in [-0.05, 0) is 57.1 Å². The molecule has 4 heteroatoms. The summed E-state index contributed by atoms with van der Waals surface area (Å²) in [6.07, 6.45) is 0. The Morgan fingerprint density at radius 1 is 0.562 bits per heavy atom. The summed E-state index contributed by atoms with van der Waals surface area (Å²) in [5.41, 5.74) is 21.3. The summed E-state index contributed by atoms with van der Waals surface area (Å²) in [4.78, 5) is 0. The Bertz CT molecular complexity index is 721. The zero-order chi connectivity index (χ0) is 23.3. The molecule has 0 fully saturated rings. The molecule has 0 amide bonds. The average molecular weight is 478 g/mol. The van der Waals surface area contributed by atoms with E-state index >= 15 is 0 Å². The van der Waals surface area contributed by atoms with E-state index in [-0.39, 0.29) is 29.2 Å². The molecule has 0 bridgehead atoms. The van der Waals surface area contributed by atoms with Crippen LogP contribution in [0, 0.1) is 0 Å². The number of benzene rings is 2. The summed E-state index contributed by atoms with van der Waals surface area (Å²) in [5.74, 6) is 1.75. The van der Waals surface area contributed by atoms with Crippen LogP contribution in [0.5, 0.6) is 0 Å². The van der Waals surface area contributed by atoms with E-state index in [1.165, 1.54) is 33.4 Å². The van der Waals surface area contributed by atoms with Crippen LogP contribution in [0.2, 0.25) is 0 Å². The molecule has 0 aromatic heterocycles. The number of hydrogen-bond donors (Lipinski definition) is 2. The van der Waals surface area contributed by atoms with Crippen LogP contribution in [0.1, 0.15) is 125 Å². The molecule has 0 saturated heterocycles. The van der Waals surface area contributed by atoms with Crippen molar-refractivity contribution in [1.29, 1.82) is 0 Å². The Kier molecular flexibility index (Phi) is 11.7. The third-order valence-corrected chi connectivity index (χ3v) is 6.23. The van der Waals surface area contributed by atoms with Crippen molar-refractivity contribution in [2.45, 2.75) is 91.1 Å². The van der Waals surface area contributed by atoms with Crippen molar-refractivity contribution in [3.8, 4) is 0 Å². The molecule has 0 saturated carbocycles. The average Bonchev–Trinajstić information content (AvgIpc) is 2.71. The summed E-state index contributed by atoms with van der Waals surface area (Å²) in [6.45, 7) is 19.1. The maximum Gasteiger partial charge on any atom is 0.0110 e. The van der Waals surface area contributed by atoms with E-state index in [9.17, 15) is 0 Å². The minimum absolute atomic E-state index is 0. The van der Waals surface area contributed by atoms with Crippen LogP contribution in [-0.2, 0) is 17.1 Å². The number of nitrogens with zero attached hydrogens (tertiary/aromatic N) is 1. The van der Waals surface area contributed by atoms with Crippen molar-refractivity contribution in [2.24, 2.45) is 11.5 Å².